The standard InChI is InChI=1S/C20H23NO/c1-16-7-5-6-10-19(16)20(22)18-11-13-21(14-12-18)15-17-8-3-2-4-9-17/h2-10,18H,11-15H2,1H3. The van der Waals surface area contributed by atoms with E-state index in [1.54, 1.807) is 0 Å². The first kappa shape index (κ1) is 15.0. The van der Waals surface area contributed by atoms with Gasteiger partial charge in [-0.25, -0.2) is 0 Å². The molecule has 2 heteroatoms. The monoisotopic (exact) mass is 293 g/mol. The third kappa shape index (κ3) is 3.45. The van der Waals surface area contributed by atoms with Crippen molar-refractivity contribution in [3.8, 4) is 0 Å². The van der Waals surface area contributed by atoms with Crippen molar-refractivity contribution in [1.82, 2.24) is 4.90 Å². The van der Waals surface area contributed by atoms with E-state index in [9.17, 15) is 4.79 Å². The molecule has 2 aromatic carbocycles. The maximum absolute atomic E-state index is 12.7. The van der Waals surface area contributed by atoms with E-state index in [4.69, 9.17) is 0 Å². The molecule has 0 atom stereocenters. The number of nitrogens with zero attached hydrogens (tertiary/aromatic N) is 1. The van der Waals surface area contributed by atoms with Crippen LogP contribution in [0.4, 0.5) is 0 Å². The van der Waals surface area contributed by atoms with Crippen LogP contribution in [0.25, 0.3) is 0 Å². The number of ketones is 1. The minimum atomic E-state index is 0.188. The first-order valence-corrected chi connectivity index (χ1v) is 8.10. The highest BCUT2D eigenvalue weighted by Gasteiger charge is 2.26. The molecule has 2 nitrogen and oxygen atoms in total. The van der Waals surface area contributed by atoms with Crippen LogP contribution >= 0.6 is 0 Å². The zero-order chi connectivity index (χ0) is 15.4. The zero-order valence-corrected chi connectivity index (χ0v) is 13.2. The Balaban J connectivity index is 1.58. The number of carbonyl (C=O) groups is 1. The van der Waals surface area contributed by atoms with Crippen LogP contribution in [0.15, 0.2) is 54.6 Å². The summed E-state index contributed by atoms with van der Waals surface area (Å²) in [6.07, 6.45) is 1.94. The molecule has 3 rings (SSSR count). The summed E-state index contributed by atoms with van der Waals surface area (Å²) in [5, 5.41) is 0. The van der Waals surface area contributed by atoms with Gasteiger partial charge in [0.1, 0.15) is 0 Å². The fourth-order valence-electron chi connectivity index (χ4n) is 3.26. The average Bonchev–Trinajstić information content (AvgIpc) is 2.56. The van der Waals surface area contributed by atoms with E-state index >= 15 is 0 Å². The average molecular weight is 293 g/mol. The quantitative estimate of drug-likeness (QED) is 0.791. The summed E-state index contributed by atoms with van der Waals surface area (Å²) < 4.78 is 0. The maximum atomic E-state index is 12.7. The Morgan fingerprint density at radius 2 is 1.64 bits per heavy atom. The SMILES string of the molecule is Cc1ccccc1C(=O)C1CCN(Cc2ccccc2)CC1. The predicted octanol–water partition coefficient (Wildman–Crippen LogP) is 4.09. The second-order valence-electron chi connectivity index (χ2n) is 6.22. The summed E-state index contributed by atoms with van der Waals surface area (Å²) in [7, 11) is 0. The minimum absolute atomic E-state index is 0.188. The Hall–Kier alpha value is -1.93. The molecule has 2 aromatic rings. The molecule has 0 aromatic heterocycles. The van der Waals surface area contributed by atoms with E-state index in [1.165, 1.54) is 5.56 Å². The Bertz CT molecular complexity index is 627. The number of likely N-dealkylation sites (tertiary alicyclic amines) is 1. The number of aryl methyl sites for hydroxylation is 1. The van der Waals surface area contributed by atoms with Gasteiger partial charge in [0.25, 0.3) is 0 Å². The summed E-state index contributed by atoms with van der Waals surface area (Å²) in [6.45, 7) is 5.04. The van der Waals surface area contributed by atoms with Crippen LogP contribution in [0, 0.1) is 12.8 Å². The molecule has 1 aliphatic heterocycles. The molecule has 0 N–H and O–H groups in total. The molecule has 0 spiro atoms. The van der Waals surface area contributed by atoms with Gasteiger partial charge in [0, 0.05) is 18.0 Å². The molecule has 0 radical (unpaired) electrons. The van der Waals surface area contributed by atoms with Crippen molar-refractivity contribution in [2.24, 2.45) is 5.92 Å². The molecule has 1 fully saturated rings. The van der Waals surface area contributed by atoms with Gasteiger partial charge < -0.3 is 0 Å². The number of rotatable bonds is 4. The van der Waals surface area contributed by atoms with E-state index in [2.05, 4.69) is 35.2 Å². The molecule has 0 amide bonds. The highest BCUT2D eigenvalue weighted by Crippen LogP contribution is 2.24. The van der Waals surface area contributed by atoms with Crippen LogP contribution in [0.2, 0.25) is 0 Å². The fraction of sp³-hybridized carbons (Fsp3) is 0.350. The van der Waals surface area contributed by atoms with Crippen LogP contribution < -0.4 is 0 Å². The van der Waals surface area contributed by atoms with Gasteiger partial charge in [0.2, 0.25) is 0 Å². The lowest BCUT2D eigenvalue weighted by Gasteiger charge is -2.31. The van der Waals surface area contributed by atoms with Crippen LogP contribution in [-0.2, 0) is 6.54 Å². The van der Waals surface area contributed by atoms with Crippen LogP contribution in [0.5, 0.6) is 0 Å². The van der Waals surface area contributed by atoms with Gasteiger partial charge in [-0.3, -0.25) is 9.69 Å². The van der Waals surface area contributed by atoms with Crippen molar-refractivity contribution in [1.29, 1.82) is 0 Å². The van der Waals surface area contributed by atoms with Gasteiger partial charge in [0.15, 0.2) is 5.78 Å². The summed E-state index contributed by atoms with van der Waals surface area (Å²) in [4.78, 5) is 15.1. The van der Waals surface area contributed by atoms with E-state index in [-0.39, 0.29) is 5.92 Å². The van der Waals surface area contributed by atoms with Gasteiger partial charge in [-0.2, -0.15) is 0 Å². The highest BCUT2D eigenvalue weighted by molar-refractivity contribution is 5.99. The minimum Gasteiger partial charge on any atom is -0.299 e. The van der Waals surface area contributed by atoms with Gasteiger partial charge >= 0.3 is 0 Å². The van der Waals surface area contributed by atoms with Crippen molar-refractivity contribution < 1.29 is 4.79 Å². The molecule has 0 unspecified atom stereocenters. The van der Waals surface area contributed by atoms with Crippen LogP contribution in [0.3, 0.4) is 0 Å². The Labute approximate surface area is 132 Å². The summed E-state index contributed by atoms with van der Waals surface area (Å²) in [6, 6.07) is 18.5. The molecule has 114 valence electrons. The lowest BCUT2D eigenvalue weighted by molar-refractivity contribution is 0.0834. The number of piperidine rings is 1. The predicted molar refractivity (Wildman–Crippen MR) is 90.0 cm³/mol. The molecule has 1 aliphatic rings. The topological polar surface area (TPSA) is 20.3 Å². The number of hydrogen-bond donors (Lipinski definition) is 0. The number of Topliss-reactive ketones (excluding diaryl/α,β-unsaturated/α-hetero) is 1. The number of carbonyl (C=O) groups excluding carboxylic acids is 1. The molecule has 22 heavy (non-hydrogen) atoms. The summed E-state index contributed by atoms with van der Waals surface area (Å²) >= 11 is 0. The van der Waals surface area contributed by atoms with E-state index < -0.39 is 0 Å². The Morgan fingerprint density at radius 1 is 1.00 bits per heavy atom. The van der Waals surface area contributed by atoms with Crippen molar-refractivity contribution in [2.75, 3.05) is 13.1 Å². The molecule has 0 saturated carbocycles. The van der Waals surface area contributed by atoms with Crippen molar-refractivity contribution >= 4 is 5.78 Å². The molecule has 0 aliphatic carbocycles. The molecule has 1 saturated heterocycles. The van der Waals surface area contributed by atoms with Gasteiger partial charge in [0.05, 0.1) is 0 Å². The number of benzene rings is 2. The van der Waals surface area contributed by atoms with Gasteiger partial charge in [-0.15, -0.1) is 0 Å². The Morgan fingerprint density at radius 3 is 2.32 bits per heavy atom. The first-order chi connectivity index (χ1) is 10.7. The van der Waals surface area contributed by atoms with Crippen molar-refractivity contribution in [2.45, 2.75) is 26.3 Å². The van der Waals surface area contributed by atoms with E-state index in [0.717, 1.165) is 43.6 Å². The van der Waals surface area contributed by atoms with Crippen molar-refractivity contribution in [3.05, 3.63) is 71.3 Å². The maximum Gasteiger partial charge on any atom is 0.166 e. The molecule has 0 bridgehead atoms. The third-order valence-corrected chi connectivity index (χ3v) is 4.62. The highest BCUT2D eigenvalue weighted by atomic mass is 16.1. The van der Waals surface area contributed by atoms with Crippen LogP contribution in [-0.4, -0.2) is 23.8 Å². The van der Waals surface area contributed by atoms with Crippen molar-refractivity contribution in [3.63, 3.8) is 0 Å². The first-order valence-electron chi connectivity index (χ1n) is 8.10. The van der Waals surface area contributed by atoms with E-state index in [0.29, 0.717) is 5.78 Å². The van der Waals surface area contributed by atoms with Crippen LogP contribution in [0.1, 0.15) is 34.3 Å². The van der Waals surface area contributed by atoms with E-state index in [1.807, 2.05) is 31.2 Å². The largest absolute Gasteiger partial charge is 0.299 e. The third-order valence-electron chi connectivity index (χ3n) is 4.62. The normalized spacial score (nSPS) is 16.6. The molecule has 1 heterocycles. The Kier molecular flexibility index (Phi) is 4.69. The molecular weight excluding hydrogens is 270 g/mol. The lowest BCUT2D eigenvalue weighted by atomic mass is 9.87. The smallest absolute Gasteiger partial charge is 0.166 e. The molecular formula is C20H23NO. The summed E-state index contributed by atoms with van der Waals surface area (Å²) in [5.74, 6) is 0.519. The second kappa shape index (κ2) is 6.89. The number of hydrogen-bond acceptors (Lipinski definition) is 2. The second-order valence-corrected chi connectivity index (χ2v) is 6.22. The zero-order valence-electron chi connectivity index (χ0n) is 13.2. The van der Waals surface area contributed by atoms with Gasteiger partial charge in [-0.05, 0) is 44.0 Å². The fourth-order valence-corrected chi connectivity index (χ4v) is 3.26. The lowest BCUT2D eigenvalue weighted by Crippen LogP contribution is -2.36. The summed E-state index contributed by atoms with van der Waals surface area (Å²) in [5.41, 5.74) is 3.36. The van der Waals surface area contributed by atoms with Gasteiger partial charge in [-0.1, -0.05) is 54.6 Å².